The van der Waals surface area contributed by atoms with Gasteiger partial charge in [-0.05, 0) is 85.0 Å². The van der Waals surface area contributed by atoms with E-state index in [1.165, 1.54) is 30.4 Å². The molecule has 0 aliphatic heterocycles. The molecular formula is C18H24Na2O6S. The second kappa shape index (κ2) is 9.77. The molecule has 0 spiro atoms. The first-order chi connectivity index (χ1) is 11.6. The van der Waals surface area contributed by atoms with E-state index >= 15 is 0 Å². The minimum atomic E-state index is -5.17. The molecule has 3 aliphatic rings. The molecule has 0 bridgehead atoms. The number of rotatable bonds is 0. The first kappa shape index (κ1) is 25.9. The van der Waals surface area contributed by atoms with Gasteiger partial charge < -0.3 is 19.3 Å². The average molecular weight is 414 g/mol. The molecule has 9 heteroatoms. The summed E-state index contributed by atoms with van der Waals surface area (Å²) in [6.07, 6.45) is 6.78. The molecule has 2 fully saturated rings. The quantitative estimate of drug-likeness (QED) is 0.256. The van der Waals surface area contributed by atoms with Crippen molar-refractivity contribution < 1.29 is 86.9 Å². The first-order valence-corrected chi connectivity index (χ1v) is 10.1. The molecule has 4 rings (SSSR count). The Bertz CT molecular complexity index is 748. The molecule has 5 atom stereocenters. The number of hydrogen-bond donors (Lipinski definition) is 2. The van der Waals surface area contributed by atoms with E-state index in [1.807, 2.05) is 12.1 Å². The van der Waals surface area contributed by atoms with Crippen LogP contribution in [0.2, 0.25) is 0 Å². The minimum absolute atomic E-state index is 0. The van der Waals surface area contributed by atoms with Crippen molar-refractivity contribution >= 4 is 10.4 Å². The van der Waals surface area contributed by atoms with Gasteiger partial charge in [0.25, 0.3) is 0 Å². The van der Waals surface area contributed by atoms with Gasteiger partial charge in [0.2, 0.25) is 0 Å². The molecular weight excluding hydrogens is 390 g/mol. The maximum Gasteiger partial charge on any atom is 1.00 e. The van der Waals surface area contributed by atoms with Crippen LogP contribution in [0.5, 0.6) is 5.75 Å². The monoisotopic (exact) mass is 414 g/mol. The number of benzene rings is 1. The molecule has 0 amide bonds. The van der Waals surface area contributed by atoms with E-state index in [4.69, 9.17) is 17.5 Å². The van der Waals surface area contributed by atoms with Gasteiger partial charge in [-0.3, -0.25) is 8.42 Å². The van der Waals surface area contributed by atoms with Crippen LogP contribution in [0.4, 0.5) is 0 Å². The molecule has 6 nitrogen and oxygen atoms in total. The van der Waals surface area contributed by atoms with Gasteiger partial charge in [0, 0.05) is 10.4 Å². The number of aryl methyl sites for hydroxylation is 1. The van der Waals surface area contributed by atoms with Gasteiger partial charge in [-0.15, -0.1) is 0 Å². The van der Waals surface area contributed by atoms with Gasteiger partial charge in [-0.1, -0.05) is 13.0 Å². The molecule has 140 valence electrons. The summed E-state index contributed by atoms with van der Waals surface area (Å²) in [5.74, 6) is 2.49. The summed E-state index contributed by atoms with van der Waals surface area (Å²) in [7, 11) is -5.17. The fraction of sp³-hybridized carbons (Fsp3) is 0.667. The average Bonchev–Trinajstić information content (AvgIpc) is 2.81. The Kier molecular flexibility index (Phi) is 9.37. The van der Waals surface area contributed by atoms with Crippen LogP contribution in [-0.4, -0.2) is 33.8 Å². The molecule has 0 aromatic heterocycles. The maximum atomic E-state index is 10.4. The standard InChI is InChI=1S/C18H24O2.2Na.H2O4S/c1-18-9-8-14-13-5-3-12(19)10-11(13)2-4-15(14)16(18)6-7-17(18)20;;;1-5(2,3)4/h3,5,10,14-17,19-20H,2,4,6-9H2,1H3;;;(H2,1,2,3,4)/q;2*+1;/p-2/t14-,15-,16+,17?,18+;;;/m1.../s1. The van der Waals surface area contributed by atoms with Crippen molar-refractivity contribution in [1.82, 2.24) is 0 Å². The second-order valence-electron chi connectivity index (χ2n) is 7.84. The molecule has 1 aromatic carbocycles. The predicted octanol–water partition coefficient (Wildman–Crippen LogP) is -3.72. The Balaban J connectivity index is 0.000000468. The normalized spacial score (nSPS) is 33.8. The Labute approximate surface area is 205 Å². The number of hydrogen-bond acceptors (Lipinski definition) is 6. The number of aromatic hydroxyl groups is 1. The molecule has 0 saturated heterocycles. The molecule has 27 heavy (non-hydrogen) atoms. The van der Waals surface area contributed by atoms with Gasteiger partial charge in [-0.2, -0.15) is 0 Å². The van der Waals surface area contributed by atoms with Crippen molar-refractivity contribution in [3.8, 4) is 5.75 Å². The molecule has 0 radical (unpaired) electrons. The third-order valence-corrected chi connectivity index (χ3v) is 6.66. The molecule has 3 aliphatic carbocycles. The Hall–Kier alpha value is 0.850. The number of aliphatic hydroxyl groups is 1. The Morgan fingerprint density at radius 1 is 1.11 bits per heavy atom. The number of fused-ring (bicyclic) bond motifs is 5. The van der Waals surface area contributed by atoms with Crippen LogP contribution in [0.25, 0.3) is 0 Å². The fourth-order valence-electron chi connectivity index (χ4n) is 5.54. The molecule has 2 saturated carbocycles. The molecule has 2 N–H and O–H groups in total. The van der Waals surface area contributed by atoms with Crippen LogP contribution in [0.3, 0.4) is 0 Å². The first-order valence-electron chi connectivity index (χ1n) is 8.76. The van der Waals surface area contributed by atoms with Crippen LogP contribution in [0, 0.1) is 17.3 Å². The van der Waals surface area contributed by atoms with Crippen LogP contribution in [0.1, 0.15) is 56.1 Å². The fourth-order valence-corrected chi connectivity index (χ4v) is 5.54. The summed E-state index contributed by atoms with van der Waals surface area (Å²) < 4.78 is 34.1. The van der Waals surface area contributed by atoms with E-state index in [2.05, 4.69) is 13.0 Å². The smallest absolute Gasteiger partial charge is 0.759 e. The summed E-state index contributed by atoms with van der Waals surface area (Å²) in [5, 5.41) is 20.0. The van der Waals surface area contributed by atoms with E-state index in [1.54, 1.807) is 0 Å². The zero-order valence-electron chi connectivity index (χ0n) is 16.2. The van der Waals surface area contributed by atoms with Crippen LogP contribution in [0.15, 0.2) is 18.2 Å². The van der Waals surface area contributed by atoms with Crippen molar-refractivity contribution in [1.29, 1.82) is 0 Å². The zero-order valence-corrected chi connectivity index (χ0v) is 21.0. The predicted molar refractivity (Wildman–Crippen MR) is 89.2 cm³/mol. The van der Waals surface area contributed by atoms with E-state index in [0.29, 0.717) is 17.6 Å². The summed E-state index contributed by atoms with van der Waals surface area (Å²) in [5.41, 5.74) is 2.99. The maximum absolute atomic E-state index is 10.4. The van der Waals surface area contributed by atoms with Crippen LogP contribution < -0.4 is 59.1 Å². The minimum Gasteiger partial charge on any atom is -0.759 e. The summed E-state index contributed by atoms with van der Waals surface area (Å²) in [4.78, 5) is 0. The molecule has 1 aromatic rings. The van der Waals surface area contributed by atoms with Crippen molar-refractivity contribution in [3.63, 3.8) is 0 Å². The van der Waals surface area contributed by atoms with Crippen molar-refractivity contribution in [3.05, 3.63) is 29.3 Å². The van der Waals surface area contributed by atoms with Gasteiger partial charge in [0.15, 0.2) is 0 Å². The van der Waals surface area contributed by atoms with Gasteiger partial charge >= 0.3 is 59.1 Å². The largest absolute Gasteiger partial charge is 1.00 e. The summed E-state index contributed by atoms with van der Waals surface area (Å²) in [6, 6.07) is 5.96. The molecule has 1 unspecified atom stereocenters. The third kappa shape index (κ3) is 5.72. The van der Waals surface area contributed by atoms with Crippen LogP contribution in [-0.2, 0) is 16.8 Å². The van der Waals surface area contributed by atoms with Crippen molar-refractivity contribution in [2.75, 3.05) is 0 Å². The van der Waals surface area contributed by atoms with Gasteiger partial charge in [0.05, 0.1) is 6.10 Å². The second-order valence-corrected chi connectivity index (χ2v) is 8.66. The van der Waals surface area contributed by atoms with Gasteiger partial charge in [0.1, 0.15) is 5.75 Å². The van der Waals surface area contributed by atoms with E-state index in [0.717, 1.165) is 25.2 Å². The van der Waals surface area contributed by atoms with E-state index in [9.17, 15) is 10.2 Å². The Morgan fingerprint density at radius 3 is 2.37 bits per heavy atom. The Morgan fingerprint density at radius 2 is 1.74 bits per heavy atom. The van der Waals surface area contributed by atoms with E-state index in [-0.39, 0.29) is 70.6 Å². The SMILES string of the molecule is C[C@]12CC[C@@H]3c4ccc(O)cc4CC[C@H]3[C@@H]1CCC2O.O=S(=O)([O-])[O-].[Na+].[Na+]. The summed E-state index contributed by atoms with van der Waals surface area (Å²) in [6.45, 7) is 2.32. The topological polar surface area (TPSA) is 121 Å². The summed E-state index contributed by atoms with van der Waals surface area (Å²) >= 11 is 0. The number of aliphatic hydroxyl groups excluding tert-OH is 1. The number of phenolic OH excluding ortho intramolecular Hbond substituents is 1. The third-order valence-electron chi connectivity index (χ3n) is 6.66. The number of phenols is 1. The van der Waals surface area contributed by atoms with Crippen molar-refractivity contribution in [2.24, 2.45) is 17.3 Å². The van der Waals surface area contributed by atoms with E-state index < -0.39 is 10.4 Å². The van der Waals surface area contributed by atoms with Crippen molar-refractivity contribution in [2.45, 2.75) is 57.5 Å². The van der Waals surface area contributed by atoms with Crippen LogP contribution >= 0.6 is 0 Å². The molecule has 0 heterocycles. The zero-order chi connectivity index (χ0) is 18.4. The van der Waals surface area contributed by atoms with Gasteiger partial charge in [-0.25, -0.2) is 0 Å².